The maximum atomic E-state index is 13.6. The molecule has 0 aromatic heterocycles. The number of carbonyl (C=O) groups excluding carboxylic acids is 1. The van der Waals surface area contributed by atoms with Crippen LogP contribution < -0.4 is 10.2 Å². The van der Waals surface area contributed by atoms with Gasteiger partial charge in [-0.3, -0.25) is 0 Å². The Bertz CT molecular complexity index is 794. The molecule has 0 unspecified atom stereocenters. The summed E-state index contributed by atoms with van der Waals surface area (Å²) in [6.07, 6.45) is -4.39. The number of piperazine rings is 1. The van der Waals surface area contributed by atoms with E-state index >= 15 is 0 Å². The van der Waals surface area contributed by atoms with E-state index in [0.717, 1.165) is 24.3 Å². The van der Waals surface area contributed by atoms with Gasteiger partial charge in [-0.2, -0.15) is 13.2 Å². The maximum absolute atomic E-state index is 13.6. The number of amides is 2. The van der Waals surface area contributed by atoms with E-state index in [-0.39, 0.29) is 13.1 Å². The highest BCUT2D eigenvalue weighted by molar-refractivity contribution is 5.89. The van der Waals surface area contributed by atoms with E-state index in [1.54, 1.807) is 0 Å². The topological polar surface area (TPSA) is 35.6 Å². The van der Waals surface area contributed by atoms with Gasteiger partial charge in [0.2, 0.25) is 0 Å². The van der Waals surface area contributed by atoms with Gasteiger partial charge in [-0.25, -0.2) is 13.6 Å². The second kappa shape index (κ2) is 7.42. The first-order chi connectivity index (χ1) is 12.8. The van der Waals surface area contributed by atoms with Crippen molar-refractivity contribution in [1.29, 1.82) is 0 Å². The van der Waals surface area contributed by atoms with Crippen molar-refractivity contribution >= 4 is 17.4 Å². The number of hydrogen-bond acceptors (Lipinski definition) is 2. The second-order valence-corrected chi connectivity index (χ2v) is 6.05. The van der Waals surface area contributed by atoms with E-state index in [0.29, 0.717) is 18.8 Å². The van der Waals surface area contributed by atoms with Crippen LogP contribution in [0.1, 0.15) is 5.56 Å². The van der Waals surface area contributed by atoms with Crippen molar-refractivity contribution in [2.75, 3.05) is 36.4 Å². The average molecular weight is 385 g/mol. The highest BCUT2D eigenvalue weighted by Crippen LogP contribution is 2.30. The van der Waals surface area contributed by atoms with Crippen molar-refractivity contribution < 1.29 is 26.7 Å². The van der Waals surface area contributed by atoms with Crippen LogP contribution in [-0.2, 0) is 6.18 Å². The van der Waals surface area contributed by atoms with E-state index in [1.807, 2.05) is 4.90 Å². The van der Waals surface area contributed by atoms with Crippen LogP contribution in [0.3, 0.4) is 0 Å². The van der Waals surface area contributed by atoms with E-state index in [9.17, 15) is 26.7 Å². The molecule has 27 heavy (non-hydrogen) atoms. The minimum atomic E-state index is -4.39. The fourth-order valence-electron chi connectivity index (χ4n) is 2.83. The first kappa shape index (κ1) is 18.9. The lowest BCUT2D eigenvalue weighted by molar-refractivity contribution is -0.137. The number of benzene rings is 2. The Kier molecular flexibility index (Phi) is 5.20. The molecule has 3 rings (SSSR count). The Labute approximate surface area is 152 Å². The largest absolute Gasteiger partial charge is 0.416 e. The molecule has 0 saturated carbocycles. The van der Waals surface area contributed by atoms with Crippen molar-refractivity contribution in [2.24, 2.45) is 0 Å². The Morgan fingerprint density at radius 1 is 0.889 bits per heavy atom. The molecule has 0 atom stereocenters. The average Bonchev–Trinajstić information content (AvgIpc) is 2.64. The number of halogens is 5. The fraction of sp³-hybridized carbons (Fsp3) is 0.278. The van der Waals surface area contributed by atoms with Gasteiger partial charge in [0.25, 0.3) is 0 Å². The number of hydrogen-bond donors (Lipinski definition) is 1. The predicted octanol–water partition coefficient (Wildman–Crippen LogP) is 4.34. The van der Waals surface area contributed by atoms with Crippen LogP contribution in [0.5, 0.6) is 0 Å². The molecule has 1 aliphatic heterocycles. The Balaban J connectivity index is 1.59. The monoisotopic (exact) mass is 385 g/mol. The number of para-hydroxylation sites is 1. The zero-order valence-electron chi connectivity index (χ0n) is 14.1. The van der Waals surface area contributed by atoms with Gasteiger partial charge in [0.15, 0.2) is 0 Å². The first-order valence-electron chi connectivity index (χ1n) is 8.18. The third kappa shape index (κ3) is 4.29. The molecule has 2 amide bonds. The number of carbonyl (C=O) groups is 1. The Hall–Kier alpha value is -2.84. The molecule has 1 fully saturated rings. The fourth-order valence-corrected chi connectivity index (χ4v) is 2.83. The van der Waals surface area contributed by atoms with E-state index in [1.165, 1.54) is 23.1 Å². The highest BCUT2D eigenvalue weighted by Gasteiger charge is 2.30. The quantitative estimate of drug-likeness (QED) is 0.781. The second-order valence-electron chi connectivity index (χ2n) is 6.05. The van der Waals surface area contributed by atoms with Crippen LogP contribution in [0.25, 0.3) is 0 Å². The van der Waals surface area contributed by atoms with Crippen molar-refractivity contribution in [3.05, 3.63) is 59.7 Å². The third-order valence-corrected chi connectivity index (χ3v) is 4.32. The van der Waals surface area contributed by atoms with E-state index in [2.05, 4.69) is 5.32 Å². The molecule has 1 saturated heterocycles. The van der Waals surface area contributed by atoms with E-state index in [4.69, 9.17) is 0 Å². The van der Waals surface area contributed by atoms with Gasteiger partial charge in [-0.05, 0) is 36.4 Å². The molecule has 0 bridgehead atoms. The normalized spacial score (nSPS) is 15.0. The summed E-state index contributed by atoms with van der Waals surface area (Å²) in [6.45, 7) is 1.31. The van der Waals surface area contributed by atoms with Crippen molar-refractivity contribution in [3.63, 3.8) is 0 Å². The number of alkyl halides is 3. The lowest BCUT2D eigenvalue weighted by Gasteiger charge is -2.36. The van der Waals surface area contributed by atoms with Crippen LogP contribution >= 0.6 is 0 Å². The molecule has 1 heterocycles. The van der Waals surface area contributed by atoms with Gasteiger partial charge in [-0.15, -0.1) is 0 Å². The van der Waals surface area contributed by atoms with Crippen LogP contribution in [0.2, 0.25) is 0 Å². The molecule has 2 aromatic carbocycles. The molecule has 9 heteroatoms. The van der Waals surface area contributed by atoms with Gasteiger partial charge in [-0.1, -0.05) is 6.07 Å². The van der Waals surface area contributed by atoms with Crippen LogP contribution in [0.15, 0.2) is 42.5 Å². The lowest BCUT2D eigenvalue weighted by Crippen LogP contribution is -2.50. The summed E-state index contributed by atoms with van der Waals surface area (Å²) in [4.78, 5) is 15.4. The minimum Gasteiger partial charge on any atom is -0.368 e. The van der Waals surface area contributed by atoms with Crippen LogP contribution in [0, 0.1) is 11.6 Å². The zero-order valence-corrected chi connectivity index (χ0v) is 14.1. The number of anilines is 2. The van der Waals surface area contributed by atoms with Gasteiger partial charge < -0.3 is 15.1 Å². The van der Waals surface area contributed by atoms with Gasteiger partial charge >= 0.3 is 12.2 Å². The molecule has 144 valence electrons. The molecule has 1 N–H and O–H groups in total. The van der Waals surface area contributed by atoms with Crippen LogP contribution in [0.4, 0.5) is 38.1 Å². The highest BCUT2D eigenvalue weighted by atomic mass is 19.4. The summed E-state index contributed by atoms with van der Waals surface area (Å²) in [5.74, 6) is -1.74. The summed E-state index contributed by atoms with van der Waals surface area (Å²) in [5.41, 5.74) is -0.618. The van der Waals surface area contributed by atoms with Gasteiger partial charge in [0.05, 0.1) is 5.56 Å². The van der Waals surface area contributed by atoms with Crippen molar-refractivity contribution in [1.82, 2.24) is 4.90 Å². The summed E-state index contributed by atoms with van der Waals surface area (Å²) < 4.78 is 65.1. The lowest BCUT2D eigenvalue weighted by atomic mass is 10.1. The summed E-state index contributed by atoms with van der Waals surface area (Å²) in [5, 5.41) is 2.22. The molecule has 0 spiro atoms. The van der Waals surface area contributed by atoms with Gasteiger partial charge in [0.1, 0.15) is 17.3 Å². The van der Waals surface area contributed by atoms with Crippen molar-refractivity contribution in [3.8, 4) is 0 Å². The SMILES string of the molecule is O=C(Nc1c(F)cccc1F)N1CCN(c2ccc(C(F)(F)F)cc2)CC1. The first-order valence-corrected chi connectivity index (χ1v) is 8.18. The van der Waals surface area contributed by atoms with Crippen LogP contribution in [-0.4, -0.2) is 37.1 Å². The molecule has 1 aliphatic rings. The van der Waals surface area contributed by atoms with Crippen molar-refractivity contribution in [2.45, 2.75) is 6.18 Å². The summed E-state index contributed by atoms with van der Waals surface area (Å²) in [6, 6.07) is 7.43. The summed E-state index contributed by atoms with van der Waals surface area (Å²) in [7, 11) is 0. The predicted molar refractivity (Wildman–Crippen MR) is 90.6 cm³/mol. The molecular weight excluding hydrogens is 369 g/mol. The smallest absolute Gasteiger partial charge is 0.368 e. The molecule has 0 aliphatic carbocycles. The summed E-state index contributed by atoms with van der Waals surface area (Å²) >= 11 is 0. The minimum absolute atomic E-state index is 0.267. The Morgan fingerprint density at radius 2 is 1.44 bits per heavy atom. The van der Waals surface area contributed by atoms with E-state index < -0.39 is 35.1 Å². The number of rotatable bonds is 2. The zero-order chi connectivity index (χ0) is 19.6. The molecule has 4 nitrogen and oxygen atoms in total. The Morgan fingerprint density at radius 3 is 1.96 bits per heavy atom. The number of nitrogens with one attached hydrogen (secondary N) is 1. The number of nitrogens with zero attached hydrogens (tertiary/aromatic N) is 2. The standard InChI is InChI=1S/C18H16F5N3O/c19-14-2-1-3-15(20)16(14)24-17(27)26-10-8-25(9-11-26)13-6-4-12(5-7-13)18(21,22)23/h1-7H,8-11H2,(H,24,27). The molecule has 2 aromatic rings. The maximum Gasteiger partial charge on any atom is 0.416 e. The third-order valence-electron chi connectivity index (χ3n) is 4.32. The van der Waals surface area contributed by atoms with Gasteiger partial charge in [0, 0.05) is 31.9 Å². The molecular formula is C18H16F5N3O. The molecule has 0 radical (unpaired) electrons. The number of urea groups is 1.